The minimum atomic E-state index is -4.41. The number of benzene rings is 1. The van der Waals surface area contributed by atoms with Gasteiger partial charge in [-0.3, -0.25) is 0 Å². The van der Waals surface area contributed by atoms with Crippen molar-refractivity contribution in [3.63, 3.8) is 0 Å². The maximum atomic E-state index is 12.4. The fraction of sp³-hybridized carbons (Fsp3) is 0.143. The van der Waals surface area contributed by atoms with Crippen LogP contribution in [0.4, 0.5) is 18.9 Å². The molecule has 1 nitrogen and oxygen atoms in total. The largest absolute Gasteiger partial charge is 0.419 e. The molecule has 0 heterocycles. The van der Waals surface area contributed by atoms with E-state index in [0.29, 0.717) is 3.57 Å². The Balaban J connectivity index is 3.43. The van der Waals surface area contributed by atoms with Gasteiger partial charge in [-0.2, -0.15) is 13.2 Å². The van der Waals surface area contributed by atoms with E-state index in [1.807, 2.05) is 0 Å². The molecule has 0 aromatic heterocycles. The molecule has 1 aromatic rings. The van der Waals surface area contributed by atoms with Gasteiger partial charge in [-0.1, -0.05) is 15.9 Å². The summed E-state index contributed by atoms with van der Waals surface area (Å²) in [6.45, 7) is 0. The molecule has 6 heteroatoms. The summed E-state index contributed by atoms with van der Waals surface area (Å²) in [4.78, 5) is 0. The fourth-order valence-corrected chi connectivity index (χ4v) is 1.88. The molecule has 0 aliphatic rings. The summed E-state index contributed by atoms with van der Waals surface area (Å²) in [5, 5.41) is 0. The van der Waals surface area contributed by atoms with E-state index in [0.717, 1.165) is 0 Å². The van der Waals surface area contributed by atoms with E-state index in [1.54, 1.807) is 22.6 Å². The van der Waals surface area contributed by atoms with Crippen molar-refractivity contribution >= 4 is 44.2 Å². The highest BCUT2D eigenvalue weighted by molar-refractivity contribution is 14.1. The average Bonchev–Trinajstić information content (AvgIpc) is 1.95. The molecule has 2 N–H and O–H groups in total. The molecule has 0 amide bonds. The number of hydrogen-bond acceptors (Lipinski definition) is 1. The second-order valence-corrected chi connectivity index (χ2v) is 4.33. The molecule has 0 atom stereocenters. The van der Waals surface area contributed by atoms with Crippen LogP contribution >= 0.6 is 38.5 Å². The molecule has 1 aromatic carbocycles. The third-order valence-corrected chi connectivity index (χ3v) is 3.03. The van der Waals surface area contributed by atoms with Crippen molar-refractivity contribution in [1.82, 2.24) is 0 Å². The van der Waals surface area contributed by atoms with Crippen LogP contribution in [0.3, 0.4) is 0 Å². The van der Waals surface area contributed by atoms with Crippen molar-refractivity contribution in [2.75, 3.05) is 5.73 Å². The van der Waals surface area contributed by atoms with Gasteiger partial charge in [-0.05, 0) is 34.7 Å². The van der Waals surface area contributed by atoms with E-state index in [1.165, 1.54) is 12.1 Å². The van der Waals surface area contributed by atoms with Crippen LogP contribution in [0.5, 0.6) is 0 Å². The number of nitrogen functional groups attached to an aromatic ring is 1. The summed E-state index contributed by atoms with van der Waals surface area (Å²) in [7, 11) is 0. The summed E-state index contributed by atoms with van der Waals surface area (Å²) in [6, 6.07) is 2.86. The highest BCUT2D eigenvalue weighted by Crippen LogP contribution is 2.40. The lowest BCUT2D eigenvalue weighted by atomic mass is 10.2. The van der Waals surface area contributed by atoms with E-state index in [-0.39, 0.29) is 10.2 Å². The molecule has 13 heavy (non-hydrogen) atoms. The van der Waals surface area contributed by atoms with Crippen LogP contribution in [0, 0.1) is 3.57 Å². The van der Waals surface area contributed by atoms with Gasteiger partial charge in [-0.15, -0.1) is 0 Å². The van der Waals surface area contributed by atoms with E-state index in [9.17, 15) is 13.2 Å². The molecular formula is C7H4BrF3IN. The summed E-state index contributed by atoms with van der Waals surface area (Å²) >= 11 is 4.57. The van der Waals surface area contributed by atoms with Gasteiger partial charge in [0.25, 0.3) is 0 Å². The number of hydrogen-bond donors (Lipinski definition) is 1. The lowest BCUT2D eigenvalue weighted by molar-refractivity contribution is -0.137. The van der Waals surface area contributed by atoms with E-state index in [2.05, 4.69) is 15.9 Å². The molecule has 0 saturated carbocycles. The van der Waals surface area contributed by atoms with Crippen LogP contribution < -0.4 is 5.73 Å². The van der Waals surface area contributed by atoms with Gasteiger partial charge in [0.2, 0.25) is 0 Å². The smallest absolute Gasteiger partial charge is 0.397 e. The molecule has 1 rings (SSSR count). The number of rotatable bonds is 0. The number of alkyl halides is 3. The highest BCUT2D eigenvalue weighted by atomic mass is 127. The highest BCUT2D eigenvalue weighted by Gasteiger charge is 2.35. The Morgan fingerprint density at radius 1 is 1.31 bits per heavy atom. The Bertz CT molecular complexity index is 337. The van der Waals surface area contributed by atoms with Gasteiger partial charge < -0.3 is 5.73 Å². The first kappa shape index (κ1) is 11.1. The normalized spacial score (nSPS) is 11.8. The predicted octanol–water partition coefficient (Wildman–Crippen LogP) is 3.65. The first-order valence-electron chi connectivity index (χ1n) is 3.14. The summed E-state index contributed by atoms with van der Waals surface area (Å²) < 4.78 is 37.5. The first-order valence-corrected chi connectivity index (χ1v) is 5.02. The van der Waals surface area contributed by atoms with Gasteiger partial charge in [-0.25, -0.2) is 0 Å². The van der Waals surface area contributed by atoms with Gasteiger partial charge in [0, 0.05) is 8.04 Å². The molecule has 0 bridgehead atoms. The van der Waals surface area contributed by atoms with Crippen molar-refractivity contribution < 1.29 is 13.2 Å². The summed E-state index contributed by atoms with van der Waals surface area (Å²) in [5.74, 6) is 0. The van der Waals surface area contributed by atoms with Crippen LogP contribution in [0.2, 0.25) is 0 Å². The summed E-state index contributed by atoms with van der Waals surface area (Å²) in [5.41, 5.74) is 4.27. The molecule has 0 saturated heterocycles. The summed E-state index contributed by atoms with van der Waals surface area (Å²) in [6.07, 6.45) is -4.41. The second-order valence-electron chi connectivity index (χ2n) is 2.32. The van der Waals surface area contributed by atoms with Gasteiger partial charge in [0.05, 0.1) is 11.3 Å². The third kappa shape index (κ3) is 2.28. The lowest BCUT2D eigenvalue weighted by Gasteiger charge is -2.12. The third-order valence-electron chi connectivity index (χ3n) is 1.42. The number of halogens is 5. The molecule has 72 valence electrons. The molecule has 0 aliphatic carbocycles. The maximum absolute atomic E-state index is 12.4. The Hall–Kier alpha value is 0.0200. The lowest BCUT2D eigenvalue weighted by Crippen LogP contribution is -2.11. The van der Waals surface area contributed by atoms with Crippen molar-refractivity contribution in [1.29, 1.82) is 0 Å². The number of anilines is 1. The van der Waals surface area contributed by atoms with Crippen molar-refractivity contribution in [3.05, 3.63) is 25.7 Å². The van der Waals surface area contributed by atoms with Crippen molar-refractivity contribution in [2.45, 2.75) is 6.18 Å². The Labute approximate surface area is 94.8 Å². The van der Waals surface area contributed by atoms with Crippen LogP contribution in [-0.4, -0.2) is 0 Å². The van der Waals surface area contributed by atoms with Crippen LogP contribution in [-0.2, 0) is 6.18 Å². The van der Waals surface area contributed by atoms with Crippen molar-refractivity contribution in [2.24, 2.45) is 0 Å². The monoisotopic (exact) mass is 365 g/mol. The van der Waals surface area contributed by atoms with Crippen LogP contribution in [0.1, 0.15) is 5.56 Å². The Morgan fingerprint density at radius 2 is 1.85 bits per heavy atom. The minimum Gasteiger partial charge on any atom is -0.397 e. The molecular weight excluding hydrogens is 362 g/mol. The van der Waals surface area contributed by atoms with Crippen LogP contribution in [0.15, 0.2) is 16.6 Å². The quantitative estimate of drug-likeness (QED) is 0.551. The first-order chi connectivity index (χ1) is 5.84. The number of nitrogens with two attached hydrogens (primary N) is 1. The van der Waals surface area contributed by atoms with Crippen molar-refractivity contribution in [3.8, 4) is 0 Å². The molecule has 0 spiro atoms. The standard InChI is InChI=1S/C7H4BrF3IN/c8-3-1-2-4(12)6(13)5(3)7(9,10)11/h1-2H,13H2. The van der Waals surface area contributed by atoms with Gasteiger partial charge in [0.15, 0.2) is 0 Å². The second kappa shape index (κ2) is 3.64. The SMILES string of the molecule is Nc1c(I)ccc(Br)c1C(F)(F)F. The van der Waals surface area contributed by atoms with Gasteiger partial charge in [0.1, 0.15) is 0 Å². The predicted molar refractivity (Wildman–Crippen MR) is 56.3 cm³/mol. The zero-order valence-corrected chi connectivity index (χ0v) is 9.87. The molecule has 0 unspecified atom stereocenters. The average molecular weight is 366 g/mol. The maximum Gasteiger partial charge on any atom is 0.419 e. The van der Waals surface area contributed by atoms with E-state index < -0.39 is 11.7 Å². The fourth-order valence-electron chi connectivity index (χ4n) is 0.856. The molecule has 0 aliphatic heterocycles. The van der Waals surface area contributed by atoms with E-state index >= 15 is 0 Å². The van der Waals surface area contributed by atoms with Gasteiger partial charge >= 0.3 is 6.18 Å². The molecule has 0 radical (unpaired) electrons. The van der Waals surface area contributed by atoms with Crippen LogP contribution in [0.25, 0.3) is 0 Å². The zero-order valence-electron chi connectivity index (χ0n) is 6.12. The van der Waals surface area contributed by atoms with E-state index in [4.69, 9.17) is 5.73 Å². The zero-order chi connectivity index (χ0) is 10.2. The molecule has 0 fully saturated rings. The Morgan fingerprint density at radius 3 is 2.23 bits per heavy atom. The minimum absolute atomic E-state index is 0.0297. The topological polar surface area (TPSA) is 26.0 Å². The Kier molecular flexibility index (Phi) is 3.11.